The van der Waals surface area contributed by atoms with Crippen molar-refractivity contribution in [2.75, 3.05) is 6.61 Å². The Labute approximate surface area is 185 Å². The molecular formula is C21H21ClN4O4S. The van der Waals surface area contributed by atoms with E-state index in [0.717, 1.165) is 12.8 Å². The summed E-state index contributed by atoms with van der Waals surface area (Å²) < 4.78 is 34.3. The third-order valence-electron chi connectivity index (χ3n) is 5.16. The number of benzene rings is 1. The summed E-state index contributed by atoms with van der Waals surface area (Å²) in [5.41, 5.74) is 0.696. The van der Waals surface area contributed by atoms with Crippen molar-refractivity contribution in [3.8, 4) is 11.7 Å². The molecule has 1 fully saturated rings. The summed E-state index contributed by atoms with van der Waals surface area (Å²) in [4.78, 5) is 16.7. The first-order valence-electron chi connectivity index (χ1n) is 9.65. The zero-order valence-electron chi connectivity index (χ0n) is 17.0. The van der Waals surface area contributed by atoms with E-state index < -0.39 is 15.9 Å². The number of aryl methyl sites for hydroxylation is 1. The molecule has 10 heteroatoms. The highest BCUT2D eigenvalue weighted by Gasteiger charge is 2.38. The van der Waals surface area contributed by atoms with E-state index in [0.29, 0.717) is 23.9 Å². The van der Waals surface area contributed by atoms with Crippen molar-refractivity contribution in [2.45, 2.75) is 31.6 Å². The van der Waals surface area contributed by atoms with Crippen LogP contribution in [0.5, 0.6) is 5.88 Å². The Morgan fingerprint density at radius 2 is 1.97 bits per heavy atom. The van der Waals surface area contributed by atoms with Crippen molar-refractivity contribution in [3.05, 3.63) is 64.9 Å². The molecule has 2 aromatic heterocycles. The first kappa shape index (κ1) is 21.3. The van der Waals surface area contributed by atoms with E-state index in [9.17, 15) is 13.2 Å². The fourth-order valence-electron chi connectivity index (χ4n) is 2.93. The molecule has 0 atom stereocenters. The summed E-state index contributed by atoms with van der Waals surface area (Å²) in [5, 5.41) is 4.17. The second-order valence-corrected chi connectivity index (χ2v) is 9.91. The molecule has 3 aromatic rings. The first-order chi connectivity index (χ1) is 14.7. The molecule has 2 heterocycles. The van der Waals surface area contributed by atoms with E-state index in [1.54, 1.807) is 37.4 Å². The Kier molecular flexibility index (Phi) is 5.49. The predicted octanol–water partition coefficient (Wildman–Crippen LogP) is 3.53. The summed E-state index contributed by atoms with van der Waals surface area (Å²) >= 11 is 6.18. The third kappa shape index (κ3) is 4.72. The number of nitrogens with zero attached hydrogens (tertiary/aromatic N) is 3. The third-order valence-corrected chi connectivity index (χ3v) is 6.94. The Hall–Kier alpha value is -2.91. The Morgan fingerprint density at radius 3 is 2.65 bits per heavy atom. The molecule has 4 rings (SSSR count). The number of rotatable bonds is 7. The van der Waals surface area contributed by atoms with Crippen LogP contribution < -0.4 is 9.46 Å². The SMILES string of the molecule is Cc1ccccc1S(=O)(=O)NC(=O)c1ccc(-n2ccc(OCC3(C)CC3)n2)nc1Cl. The predicted molar refractivity (Wildman–Crippen MR) is 115 cm³/mol. The smallest absolute Gasteiger partial charge is 0.268 e. The van der Waals surface area contributed by atoms with Crippen LogP contribution >= 0.6 is 11.6 Å². The molecule has 1 aliphatic carbocycles. The van der Waals surface area contributed by atoms with Gasteiger partial charge < -0.3 is 4.74 Å². The number of aromatic nitrogens is 3. The highest BCUT2D eigenvalue weighted by molar-refractivity contribution is 7.90. The van der Waals surface area contributed by atoms with Crippen molar-refractivity contribution in [2.24, 2.45) is 5.41 Å². The maximum Gasteiger partial charge on any atom is 0.268 e. The second-order valence-electron chi connectivity index (χ2n) is 7.91. The lowest BCUT2D eigenvalue weighted by Crippen LogP contribution is -2.31. The van der Waals surface area contributed by atoms with E-state index in [2.05, 4.69) is 17.0 Å². The van der Waals surface area contributed by atoms with E-state index in [1.165, 1.54) is 22.9 Å². The molecule has 162 valence electrons. The van der Waals surface area contributed by atoms with Crippen LogP contribution in [0.25, 0.3) is 5.82 Å². The van der Waals surface area contributed by atoms with Gasteiger partial charge in [-0.25, -0.2) is 22.8 Å². The maximum absolute atomic E-state index is 12.6. The van der Waals surface area contributed by atoms with E-state index in [4.69, 9.17) is 16.3 Å². The molecule has 0 bridgehead atoms. The molecular weight excluding hydrogens is 440 g/mol. The average molecular weight is 461 g/mol. The molecule has 1 amide bonds. The first-order valence-corrected chi connectivity index (χ1v) is 11.5. The van der Waals surface area contributed by atoms with Gasteiger partial charge >= 0.3 is 0 Å². The molecule has 31 heavy (non-hydrogen) atoms. The molecule has 0 radical (unpaired) electrons. The molecule has 0 spiro atoms. The van der Waals surface area contributed by atoms with Crippen molar-refractivity contribution >= 4 is 27.5 Å². The zero-order valence-corrected chi connectivity index (χ0v) is 18.6. The number of hydrogen-bond acceptors (Lipinski definition) is 6. The topological polar surface area (TPSA) is 103 Å². The van der Waals surface area contributed by atoms with Crippen LogP contribution in [0.4, 0.5) is 0 Å². The van der Waals surface area contributed by atoms with Gasteiger partial charge in [-0.1, -0.05) is 36.7 Å². The highest BCUT2D eigenvalue weighted by Crippen LogP contribution is 2.44. The Balaban J connectivity index is 1.49. The molecule has 1 saturated carbocycles. The van der Waals surface area contributed by atoms with Gasteiger partial charge in [-0.3, -0.25) is 4.79 Å². The van der Waals surface area contributed by atoms with Crippen LogP contribution in [0.3, 0.4) is 0 Å². The minimum atomic E-state index is -4.05. The number of halogens is 1. The number of pyridine rings is 1. The van der Waals surface area contributed by atoms with Gasteiger partial charge in [0.1, 0.15) is 5.15 Å². The lowest BCUT2D eigenvalue weighted by Gasteiger charge is -2.10. The van der Waals surface area contributed by atoms with Crippen LogP contribution in [-0.4, -0.2) is 35.7 Å². The van der Waals surface area contributed by atoms with Gasteiger partial charge in [0.15, 0.2) is 5.82 Å². The van der Waals surface area contributed by atoms with Gasteiger partial charge in [0.25, 0.3) is 15.9 Å². The zero-order chi connectivity index (χ0) is 22.2. The van der Waals surface area contributed by atoms with Crippen LogP contribution in [0.15, 0.2) is 53.6 Å². The Bertz CT molecular complexity index is 1250. The summed E-state index contributed by atoms with van der Waals surface area (Å²) in [7, 11) is -4.05. The standard InChI is InChI=1S/C21H21ClN4O4S/c1-14-5-3-4-6-16(14)31(28,29)25-20(27)15-7-8-17(23-19(15)22)26-12-9-18(24-26)30-13-21(2)10-11-21/h3-9,12H,10-11,13H2,1-2H3,(H,25,27). The van der Waals surface area contributed by atoms with Crippen LogP contribution in [0, 0.1) is 12.3 Å². The molecule has 1 N–H and O–H groups in total. The van der Waals surface area contributed by atoms with E-state index in [-0.39, 0.29) is 21.0 Å². The summed E-state index contributed by atoms with van der Waals surface area (Å²) in [6.07, 6.45) is 3.97. The summed E-state index contributed by atoms with van der Waals surface area (Å²) in [6.45, 7) is 4.41. The second kappa shape index (κ2) is 7.97. The molecule has 0 unspecified atom stereocenters. The van der Waals surface area contributed by atoms with Crippen molar-refractivity contribution in [3.63, 3.8) is 0 Å². The fourth-order valence-corrected chi connectivity index (χ4v) is 4.38. The normalized spacial score (nSPS) is 14.8. The van der Waals surface area contributed by atoms with Crippen LogP contribution in [0.2, 0.25) is 5.15 Å². The highest BCUT2D eigenvalue weighted by atomic mass is 35.5. The number of carbonyl (C=O) groups is 1. The lowest BCUT2D eigenvalue weighted by molar-refractivity contribution is 0.0981. The lowest BCUT2D eigenvalue weighted by atomic mass is 10.2. The minimum absolute atomic E-state index is 0.0215. The monoisotopic (exact) mass is 460 g/mol. The molecule has 8 nitrogen and oxygen atoms in total. The Morgan fingerprint density at radius 1 is 1.23 bits per heavy atom. The number of sulfonamides is 1. The number of ether oxygens (including phenoxy) is 1. The number of hydrogen-bond donors (Lipinski definition) is 1. The van der Waals surface area contributed by atoms with E-state index in [1.807, 2.05) is 4.72 Å². The minimum Gasteiger partial charge on any atom is -0.476 e. The molecule has 1 aliphatic rings. The van der Waals surface area contributed by atoms with Gasteiger partial charge in [0.2, 0.25) is 5.88 Å². The quantitative estimate of drug-likeness (QED) is 0.541. The largest absolute Gasteiger partial charge is 0.476 e. The summed E-state index contributed by atoms with van der Waals surface area (Å²) in [5.74, 6) is -0.0255. The van der Waals surface area contributed by atoms with Gasteiger partial charge in [-0.15, -0.1) is 5.10 Å². The van der Waals surface area contributed by atoms with Gasteiger partial charge in [0, 0.05) is 17.7 Å². The van der Waals surface area contributed by atoms with Crippen LogP contribution in [0.1, 0.15) is 35.7 Å². The van der Waals surface area contributed by atoms with Crippen LogP contribution in [-0.2, 0) is 10.0 Å². The molecule has 1 aromatic carbocycles. The van der Waals surface area contributed by atoms with Gasteiger partial charge in [0.05, 0.1) is 17.1 Å². The van der Waals surface area contributed by atoms with Gasteiger partial charge in [-0.05, 0) is 43.5 Å². The average Bonchev–Trinajstić information content (AvgIpc) is 3.26. The van der Waals surface area contributed by atoms with Crippen molar-refractivity contribution in [1.82, 2.24) is 19.5 Å². The van der Waals surface area contributed by atoms with E-state index >= 15 is 0 Å². The molecule has 0 saturated heterocycles. The van der Waals surface area contributed by atoms with Crippen molar-refractivity contribution < 1.29 is 17.9 Å². The number of nitrogens with one attached hydrogen (secondary N) is 1. The fraction of sp³-hybridized carbons (Fsp3) is 0.286. The summed E-state index contributed by atoms with van der Waals surface area (Å²) in [6, 6.07) is 11.0. The number of carbonyl (C=O) groups excluding carboxylic acids is 1. The van der Waals surface area contributed by atoms with Crippen molar-refractivity contribution in [1.29, 1.82) is 0 Å². The molecule has 0 aliphatic heterocycles. The van der Waals surface area contributed by atoms with Gasteiger partial charge in [-0.2, -0.15) is 0 Å². The number of amides is 1. The maximum atomic E-state index is 12.6.